The molecule has 1 aromatic carbocycles. The van der Waals surface area contributed by atoms with Gasteiger partial charge in [-0.2, -0.15) is 4.57 Å². The standard InChI is InChI=1S/C20H18F3N2O2/c1-2-24-9-7-14-12-25(10-8-17(14)24)18-6-4-13-3-5-15(27-20(21,22)23)11-16(13)19(18)26/h3,5,7-12,18H,2,4,6H2,1H3/q+1. The lowest BCUT2D eigenvalue weighted by Gasteiger charge is -2.21. The molecular weight excluding hydrogens is 357 g/mol. The Hall–Kier alpha value is -2.83. The number of ether oxygens (including phenoxy) is 1. The lowest BCUT2D eigenvalue weighted by atomic mass is 9.86. The lowest BCUT2D eigenvalue weighted by molar-refractivity contribution is -0.707. The van der Waals surface area contributed by atoms with Gasteiger partial charge in [0.25, 0.3) is 0 Å². The number of nitrogens with zero attached hydrogens (tertiary/aromatic N) is 2. The molecule has 0 radical (unpaired) electrons. The van der Waals surface area contributed by atoms with E-state index in [1.54, 1.807) is 6.07 Å². The lowest BCUT2D eigenvalue weighted by Crippen LogP contribution is -2.45. The largest absolute Gasteiger partial charge is 0.573 e. The summed E-state index contributed by atoms with van der Waals surface area (Å²) in [6.07, 6.45) is 2.23. The van der Waals surface area contributed by atoms with Gasteiger partial charge < -0.3 is 9.30 Å². The van der Waals surface area contributed by atoms with E-state index in [1.165, 1.54) is 12.1 Å². The first kappa shape index (κ1) is 17.6. The minimum absolute atomic E-state index is 0.192. The molecule has 0 N–H and O–H groups in total. The Morgan fingerprint density at radius 2 is 2.07 bits per heavy atom. The van der Waals surface area contributed by atoms with Crippen LogP contribution in [0.4, 0.5) is 13.2 Å². The van der Waals surface area contributed by atoms with E-state index in [9.17, 15) is 18.0 Å². The number of carbonyl (C=O) groups is 1. The summed E-state index contributed by atoms with van der Waals surface area (Å²) >= 11 is 0. The van der Waals surface area contributed by atoms with Gasteiger partial charge in [0, 0.05) is 30.8 Å². The Labute approximate surface area is 153 Å². The fourth-order valence-electron chi connectivity index (χ4n) is 3.72. The molecule has 0 saturated carbocycles. The number of rotatable bonds is 3. The Morgan fingerprint density at radius 3 is 2.81 bits per heavy atom. The van der Waals surface area contributed by atoms with E-state index in [0.29, 0.717) is 18.4 Å². The van der Waals surface area contributed by atoms with Crippen LogP contribution in [-0.2, 0) is 13.0 Å². The maximum absolute atomic E-state index is 13.0. The van der Waals surface area contributed by atoms with Gasteiger partial charge in [0.15, 0.2) is 12.4 Å². The van der Waals surface area contributed by atoms with Crippen LogP contribution >= 0.6 is 0 Å². The first-order valence-corrected chi connectivity index (χ1v) is 8.78. The highest BCUT2D eigenvalue weighted by Crippen LogP contribution is 2.31. The third kappa shape index (κ3) is 3.29. The molecule has 1 atom stereocenters. The average Bonchev–Trinajstić information content (AvgIpc) is 3.03. The van der Waals surface area contributed by atoms with Gasteiger partial charge in [0.2, 0.25) is 11.8 Å². The van der Waals surface area contributed by atoms with E-state index in [4.69, 9.17) is 0 Å². The molecule has 4 nitrogen and oxygen atoms in total. The maximum atomic E-state index is 13.0. The van der Waals surface area contributed by atoms with Crippen molar-refractivity contribution >= 4 is 16.7 Å². The average molecular weight is 375 g/mol. The maximum Gasteiger partial charge on any atom is 0.573 e. The number of aromatic nitrogens is 2. The summed E-state index contributed by atoms with van der Waals surface area (Å²) < 4.78 is 45.4. The number of fused-ring (bicyclic) bond motifs is 2. The van der Waals surface area contributed by atoms with E-state index in [1.807, 2.05) is 35.3 Å². The molecule has 0 fully saturated rings. The number of pyridine rings is 1. The molecule has 0 bridgehead atoms. The number of aryl methyl sites for hydroxylation is 2. The molecule has 0 spiro atoms. The fraction of sp³-hybridized carbons (Fsp3) is 0.300. The molecule has 140 valence electrons. The molecule has 0 saturated heterocycles. The minimum atomic E-state index is -4.78. The second-order valence-corrected chi connectivity index (χ2v) is 6.62. The van der Waals surface area contributed by atoms with E-state index < -0.39 is 12.4 Å². The predicted octanol–water partition coefficient (Wildman–Crippen LogP) is 4.22. The van der Waals surface area contributed by atoms with Crippen molar-refractivity contribution in [3.05, 3.63) is 60.0 Å². The molecule has 1 unspecified atom stereocenters. The highest BCUT2D eigenvalue weighted by Gasteiger charge is 2.36. The van der Waals surface area contributed by atoms with Crippen LogP contribution in [0.3, 0.4) is 0 Å². The number of carbonyl (C=O) groups excluding carboxylic acids is 1. The highest BCUT2D eigenvalue weighted by atomic mass is 19.4. The van der Waals surface area contributed by atoms with Crippen molar-refractivity contribution in [3.8, 4) is 5.75 Å². The van der Waals surface area contributed by atoms with Gasteiger partial charge >= 0.3 is 6.36 Å². The summed E-state index contributed by atoms with van der Waals surface area (Å²) in [6, 6.07) is 7.51. The van der Waals surface area contributed by atoms with E-state index in [-0.39, 0.29) is 11.5 Å². The molecule has 27 heavy (non-hydrogen) atoms. The first-order valence-electron chi connectivity index (χ1n) is 8.78. The van der Waals surface area contributed by atoms with Gasteiger partial charge in [-0.15, -0.1) is 13.2 Å². The Bertz CT molecular complexity index is 1020. The van der Waals surface area contributed by atoms with Crippen LogP contribution in [-0.4, -0.2) is 16.7 Å². The van der Waals surface area contributed by atoms with Gasteiger partial charge in [-0.05, 0) is 37.1 Å². The number of hydrogen-bond acceptors (Lipinski definition) is 2. The molecule has 2 heterocycles. The van der Waals surface area contributed by atoms with E-state index in [2.05, 4.69) is 16.2 Å². The van der Waals surface area contributed by atoms with Crippen LogP contribution in [0.1, 0.15) is 35.3 Å². The van der Waals surface area contributed by atoms with Gasteiger partial charge in [-0.1, -0.05) is 6.07 Å². The smallest absolute Gasteiger partial charge is 0.406 e. The quantitative estimate of drug-likeness (QED) is 0.643. The first-order chi connectivity index (χ1) is 12.9. The second-order valence-electron chi connectivity index (χ2n) is 6.62. The summed E-state index contributed by atoms with van der Waals surface area (Å²) in [5.41, 5.74) is 2.13. The third-order valence-electron chi connectivity index (χ3n) is 5.00. The van der Waals surface area contributed by atoms with Crippen molar-refractivity contribution in [1.29, 1.82) is 0 Å². The van der Waals surface area contributed by atoms with Gasteiger partial charge in [0.05, 0.1) is 10.9 Å². The zero-order chi connectivity index (χ0) is 19.2. The Balaban J connectivity index is 1.67. The van der Waals surface area contributed by atoms with Gasteiger partial charge in [-0.3, -0.25) is 4.79 Å². The zero-order valence-electron chi connectivity index (χ0n) is 14.7. The van der Waals surface area contributed by atoms with Crippen molar-refractivity contribution in [3.63, 3.8) is 0 Å². The summed E-state index contributed by atoms with van der Waals surface area (Å²) in [7, 11) is 0. The number of Topliss-reactive ketones (excluding diaryl/α,β-unsaturated/α-hetero) is 1. The summed E-state index contributed by atoms with van der Waals surface area (Å²) in [5, 5.41) is 1.02. The molecule has 0 aliphatic heterocycles. The highest BCUT2D eigenvalue weighted by molar-refractivity contribution is 6.00. The van der Waals surface area contributed by atoms with E-state index in [0.717, 1.165) is 23.0 Å². The van der Waals surface area contributed by atoms with Crippen LogP contribution in [0.15, 0.2) is 48.9 Å². The molecule has 4 rings (SSSR count). The van der Waals surface area contributed by atoms with Crippen LogP contribution in [0, 0.1) is 0 Å². The Kier molecular flexibility index (Phi) is 4.17. The van der Waals surface area contributed by atoms with Crippen molar-refractivity contribution in [2.45, 2.75) is 38.7 Å². The molecule has 0 amide bonds. The van der Waals surface area contributed by atoms with Crippen LogP contribution in [0.2, 0.25) is 0 Å². The van der Waals surface area contributed by atoms with Crippen molar-refractivity contribution in [1.82, 2.24) is 4.57 Å². The van der Waals surface area contributed by atoms with Crippen LogP contribution < -0.4 is 9.30 Å². The number of ketones is 1. The van der Waals surface area contributed by atoms with Gasteiger partial charge in [-0.25, -0.2) is 0 Å². The summed E-state index contributed by atoms with van der Waals surface area (Å²) in [4.78, 5) is 13.0. The molecule has 1 aliphatic carbocycles. The van der Waals surface area contributed by atoms with Crippen LogP contribution in [0.25, 0.3) is 10.9 Å². The SMILES string of the molecule is CCn1ccc2c[n+](C3CCc4ccc(OC(F)(F)F)cc4C3=O)ccc21. The molecule has 7 heteroatoms. The van der Waals surface area contributed by atoms with Crippen molar-refractivity contribution in [2.75, 3.05) is 0 Å². The monoisotopic (exact) mass is 375 g/mol. The van der Waals surface area contributed by atoms with E-state index >= 15 is 0 Å². The third-order valence-corrected chi connectivity index (χ3v) is 5.00. The van der Waals surface area contributed by atoms with Crippen molar-refractivity contribution in [2.24, 2.45) is 0 Å². The zero-order valence-corrected chi connectivity index (χ0v) is 14.7. The number of halogens is 3. The molecule has 3 aromatic rings. The van der Waals surface area contributed by atoms with Gasteiger partial charge in [0.1, 0.15) is 5.75 Å². The number of alkyl halides is 3. The minimum Gasteiger partial charge on any atom is -0.406 e. The summed E-state index contributed by atoms with van der Waals surface area (Å²) in [5.74, 6) is -0.557. The fourth-order valence-corrected chi connectivity index (χ4v) is 3.72. The molecule has 1 aliphatic rings. The molecular formula is C20H18F3N2O2+. The normalized spacial score (nSPS) is 17.2. The number of benzene rings is 1. The predicted molar refractivity (Wildman–Crippen MR) is 92.6 cm³/mol. The summed E-state index contributed by atoms with van der Waals surface area (Å²) in [6.45, 7) is 2.91. The van der Waals surface area contributed by atoms with Crippen molar-refractivity contribution < 1.29 is 27.3 Å². The topological polar surface area (TPSA) is 35.1 Å². The molecule has 2 aromatic heterocycles. The number of hydrogen-bond donors (Lipinski definition) is 0. The Morgan fingerprint density at radius 1 is 1.26 bits per heavy atom. The second kappa shape index (κ2) is 6.40. The van der Waals surface area contributed by atoms with Crippen LogP contribution in [0.5, 0.6) is 5.75 Å².